The fourth-order valence-corrected chi connectivity index (χ4v) is 2.87. The minimum absolute atomic E-state index is 0.701. The number of anilines is 1. The molecule has 0 aliphatic carbocycles. The van der Waals surface area contributed by atoms with Gasteiger partial charge in [0.25, 0.3) is 0 Å². The first kappa shape index (κ1) is 13.4. The average molecular weight is 266 g/mol. The van der Waals surface area contributed by atoms with Crippen LogP contribution >= 0.6 is 11.6 Å². The molecule has 1 aliphatic rings. The second kappa shape index (κ2) is 6.24. The maximum atomic E-state index is 11.1. The van der Waals surface area contributed by atoms with Crippen molar-refractivity contribution in [3.05, 3.63) is 28.8 Å². The monoisotopic (exact) mass is 265 g/mol. The summed E-state index contributed by atoms with van der Waals surface area (Å²) in [5, 5.41) is 0.701. The van der Waals surface area contributed by atoms with Gasteiger partial charge in [0.2, 0.25) is 0 Å². The van der Waals surface area contributed by atoms with Crippen LogP contribution in [0.3, 0.4) is 0 Å². The number of hydrogen-bond donors (Lipinski definition) is 0. The van der Waals surface area contributed by atoms with Crippen LogP contribution in [0, 0.1) is 5.92 Å². The molecule has 18 heavy (non-hydrogen) atoms. The molecule has 1 aliphatic heterocycles. The largest absolute Gasteiger partial charge is 0.371 e. The number of benzene rings is 1. The van der Waals surface area contributed by atoms with Crippen LogP contribution in [0.2, 0.25) is 5.02 Å². The fourth-order valence-electron chi connectivity index (χ4n) is 2.70. The van der Waals surface area contributed by atoms with Crippen molar-refractivity contribution in [2.24, 2.45) is 5.92 Å². The van der Waals surface area contributed by atoms with Crippen LogP contribution in [-0.2, 0) is 0 Å². The molecule has 1 fully saturated rings. The predicted molar refractivity (Wildman–Crippen MR) is 76.7 cm³/mol. The molecular weight excluding hydrogens is 246 g/mol. The van der Waals surface area contributed by atoms with Gasteiger partial charge in [0.05, 0.1) is 0 Å². The summed E-state index contributed by atoms with van der Waals surface area (Å²) in [6.45, 7) is 4.31. The maximum absolute atomic E-state index is 11.1. The van der Waals surface area contributed by atoms with Crippen molar-refractivity contribution in [1.82, 2.24) is 0 Å². The molecule has 2 rings (SSSR count). The van der Waals surface area contributed by atoms with Crippen LogP contribution in [0.1, 0.15) is 43.0 Å². The highest BCUT2D eigenvalue weighted by Gasteiger charge is 2.18. The Hall–Kier alpha value is -1.02. The number of rotatable bonds is 3. The zero-order chi connectivity index (χ0) is 13.0. The van der Waals surface area contributed by atoms with Crippen LogP contribution in [0.4, 0.5) is 5.69 Å². The highest BCUT2D eigenvalue weighted by molar-refractivity contribution is 6.31. The minimum Gasteiger partial charge on any atom is -0.371 e. The number of nitrogens with zero attached hydrogens (tertiary/aromatic N) is 1. The Kier molecular flexibility index (Phi) is 4.65. The Labute approximate surface area is 114 Å². The van der Waals surface area contributed by atoms with Gasteiger partial charge >= 0.3 is 0 Å². The summed E-state index contributed by atoms with van der Waals surface area (Å²) in [4.78, 5) is 13.4. The van der Waals surface area contributed by atoms with Gasteiger partial charge in [-0.05, 0) is 43.4 Å². The Morgan fingerprint density at radius 3 is 2.94 bits per heavy atom. The summed E-state index contributed by atoms with van der Waals surface area (Å²) in [6, 6.07) is 5.51. The smallest absolute Gasteiger partial charge is 0.152 e. The lowest BCUT2D eigenvalue weighted by molar-refractivity contribution is 0.112. The van der Waals surface area contributed by atoms with Gasteiger partial charge in [0.1, 0.15) is 0 Å². The van der Waals surface area contributed by atoms with Gasteiger partial charge in [-0.25, -0.2) is 0 Å². The third kappa shape index (κ3) is 3.05. The second-order valence-corrected chi connectivity index (χ2v) is 5.45. The molecule has 0 spiro atoms. The molecular formula is C15H20ClNO. The van der Waals surface area contributed by atoms with E-state index in [9.17, 15) is 4.79 Å². The maximum Gasteiger partial charge on any atom is 0.152 e. The topological polar surface area (TPSA) is 20.3 Å². The summed E-state index contributed by atoms with van der Waals surface area (Å²) in [7, 11) is 0. The van der Waals surface area contributed by atoms with Crippen molar-refractivity contribution >= 4 is 23.6 Å². The van der Waals surface area contributed by atoms with Crippen molar-refractivity contribution in [1.29, 1.82) is 0 Å². The van der Waals surface area contributed by atoms with E-state index in [0.717, 1.165) is 36.5 Å². The summed E-state index contributed by atoms with van der Waals surface area (Å²) in [6.07, 6.45) is 5.88. The van der Waals surface area contributed by atoms with Crippen molar-refractivity contribution in [2.45, 2.75) is 32.6 Å². The van der Waals surface area contributed by atoms with E-state index in [1.807, 2.05) is 12.1 Å². The Morgan fingerprint density at radius 2 is 2.22 bits per heavy atom. The van der Waals surface area contributed by atoms with Gasteiger partial charge in [-0.15, -0.1) is 0 Å². The second-order valence-electron chi connectivity index (χ2n) is 5.01. The first-order valence-corrected chi connectivity index (χ1v) is 7.12. The summed E-state index contributed by atoms with van der Waals surface area (Å²) < 4.78 is 0. The molecule has 0 bridgehead atoms. The van der Waals surface area contributed by atoms with E-state index in [1.165, 1.54) is 25.7 Å². The van der Waals surface area contributed by atoms with Crippen molar-refractivity contribution in [3.8, 4) is 0 Å². The van der Waals surface area contributed by atoms with E-state index in [4.69, 9.17) is 11.6 Å². The van der Waals surface area contributed by atoms with Crippen LogP contribution in [0.5, 0.6) is 0 Å². The van der Waals surface area contributed by atoms with Gasteiger partial charge in [0, 0.05) is 29.4 Å². The molecule has 1 heterocycles. The quantitative estimate of drug-likeness (QED) is 0.765. The molecule has 0 N–H and O–H groups in total. The number of carbonyl (C=O) groups excluding carboxylic acids is 1. The standard InChI is InChI=1S/C15H20ClNO/c1-2-12-4-3-8-17(9-7-12)15-10-14(16)6-5-13(15)11-18/h5-6,10-12H,2-4,7-9H2,1H3. The van der Waals surface area contributed by atoms with E-state index >= 15 is 0 Å². The van der Waals surface area contributed by atoms with Crippen LogP contribution in [0.25, 0.3) is 0 Å². The molecule has 3 heteroatoms. The molecule has 1 saturated heterocycles. The van der Waals surface area contributed by atoms with Crippen molar-refractivity contribution < 1.29 is 4.79 Å². The fraction of sp³-hybridized carbons (Fsp3) is 0.533. The van der Waals surface area contributed by atoms with Gasteiger partial charge in [-0.1, -0.05) is 24.9 Å². The number of hydrogen-bond acceptors (Lipinski definition) is 2. The van der Waals surface area contributed by atoms with Gasteiger partial charge in [0.15, 0.2) is 6.29 Å². The van der Waals surface area contributed by atoms with E-state index in [1.54, 1.807) is 6.07 Å². The van der Waals surface area contributed by atoms with Crippen LogP contribution < -0.4 is 4.90 Å². The van der Waals surface area contributed by atoms with Gasteiger partial charge in [-0.2, -0.15) is 0 Å². The Balaban J connectivity index is 2.20. The first-order valence-electron chi connectivity index (χ1n) is 6.74. The molecule has 1 aromatic rings. The van der Waals surface area contributed by atoms with Crippen molar-refractivity contribution in [2.75, 3.05) is 18.0 Å². The zero-order valence-corrected chi connectivity index (χ0v) is 11.6. The van der Waals surface area contributed by atoms with E-state index in [2.05, 4.69) is 11.8 Å². The zero-order valence-electron chi connectivity index (χ0n) is 10.9. The van der Waals surface area contributed by atoms with Crippen molar-refractivity contribution in [3.63, 3.8) is 0 Å². The Morgan fingerprint density at radius 1 is 1.39 bits per heavy atom. The Bertz CT molecular complexity index is 419. The van der Waals surface area contributed by atoms with Crippen LogP contribution in [-0.4, -0.2) is 19.4 Å². The highest BCUT2D eigenvalue weighted by atomic mass is 35.5. The molecule has 0 aromatic heterocycles. The number of carbonyl (C=O) groups is 1. The van der Waals surface area contributed by atoms with E-state index < -0.39 is 0 Å². The molecule has 0 amide bonds. The summed E-state index contributed by atoms with van der Waals surface area (Å²) in [5.41, 5.74) is 1.74. The highest BCUT2D eigenvalue weighted by Crippen LogP contribution is 2.28. The predicted octanol–water partition coefficient (Wildman–Crippen LogP) is 4.17. The molecule has 1 atom stereocenters. The van der Waals surface area contributed by atoms with E-state index in [-0.39, 0.29) is 0 Å². The third-order valence-corrected chi connectivity index (χ3v) is 4.12. The summed E-state index contributed by atoms with van der Waals surface area (Å²) >= 11 is 6.05. The summed E-state index contributed by atoms with van der Waals surface area (Å²) in [5.74, 6) is 0.828. The first-order chi connectivity index (χ1) is 8.74. The van der Waals surface area contributed by atoms with Gasteiger partial charge < -0.3 is 4.90 Å². The van der Waals surface area contributed by atoms with E-state index in [0.29, 0.717) is 5.02 Å². The lowest BCUT2D eigenvalue weighted by atomic mass is 9.98. The minimum atomic E-state index is 0.701. The normalized spacial score (nSPS) is 20.6. The number of halogens is 1. The molecule has 0 saturated carbocycles. The lowest BCUT2D eigenvalue weighted by Crippen LogP contribution is -2.25. The molecule has 1 unspecified atom stereocenters. The average Bonchev–Trinajstić information content (AvgIpc) is 2.63. The molecule has 2 nitrogen and oxygen atoms in total. The van der Waals surface area contributed by atoms with Crippen LogP contribution in [0.15, 0.2) is 18.2 Å². The molecule has 1 aromatic carbocycles. The third-order valence-electron chi connectivity index (χ3n) is 3.89. The SMILES string of the molecule is CCC1CCCN(c2cc(Cl)ccc2C=O)CC1. The number of aldehydes is 1. The molecule has 98 valence electrons. The molecule has 0 radical (unpaired) electrons. The lowest BCUT2D eigenvalue weighted by Gasteiger charge is -2.24. The van der Waals surface area contributed by atoms with Gasteiger partial charge in [-0.3, -0.25) is 4.79 Å².